The Morgan fingerprint density at radius 1 is 1.40 bits per heavy atom. The Labute approximate surface area is 124 Å². The molecule has 3 rings (SSSR count). The highest BCUT2D eigenvalue weighted by atomic mass is 35.5. The summed E-state index contributed by atoms with van der Waals surface area (Å²) in [4.78, 5) is 6.91. The number of rotatable bonds is 3. The number of hydrogen-bond acceptors (Lipinski definition) is 3. The van der Waals surface area contributed by atoms with E-state index in [0.29, 0.717) is 0 Å². The van der Waals surface area contributed by atoms with Gasteiger partial charge < -0.3 is 10.2 Å². The second-order valence-corrected chi connectivity index (χ2v) is 5.94. The molecule has 1 unspecified atom stereocenters. The first-order valence-electron chi connectivity index (χ1n) is 7.22. The van der Waals surface area contributed by atoms with E-state index >= 15 is 0 Å². The van der Waals surface area contributed by atoms with Gasteiger partial charge in [0.05, 0.1) is 5.52 Å². The molecular formula is C16H20ClN3. The number of pyridine rings is 1. The lowest BCUT2D eigenvalue weighted by Gasteiger charge is -2.35. The number of piperidine rings is 1. The predicted molar refractivity (Wildman–Crippen MR) is 85.6 cm³/mol. The van der Waals surface area contributed by atoms with Crippen LogP contribution in [0.1, 0.15) is 12.8 Å². The van der Waals surface area contributed by atoms with E-state index in [1.807, 2.05) is 31.4 Å². The number of nitrogens with zero attached hydrogens (tertiary/aromatic N) is 2. The largest absolute Gasteiger partial charge is 0.371 e. The first-order valence-corrected chi connectivity index (χ1v) is 7.59. The van der Waals surface area contributed by atoms with Gasteiger partial charge in [-0.15, -0.1) is 0 Å². The summed E-state index contributed by atoms with van der Waals surface area (Å²) in [6.07, 6.45) is 4.45. The molecule has 1 aliphatic rings. The zero-order chi connectivity index (χ0) is 13.9. The fraction of sp³-hybridized carbons (Fsp3) is 0.438. The Morgan fingerprint density at radius 3 is 3.15 bits per heavy atom. The average molecular weight is 290 g/mol. The number of fused-ring (bicyclic) bond motifs is 1. The van der Waals surface area contributed by atoms with Gasteiger partial charge in [0.25, 0.3) is 0 Å². The van der Waals surface area contributed by atoms with E-state index in [9.17, 15) is 0 Å². The molecule has 0 spiro atoms. The van der Waals surface area contributed by atoms with Crippen molar-refractivity contribution in [2.75, 3.05) is 31.6 Å². The van der Waals surface area contributed by atoms with Crippen LogP contribution in [0.25, 0.3) is 10.9 Å². The molecule has 0 radical (unpaired) electrons. The van der Waals surface area contributed by atoms with E-state index in [1.165, 1.54) is 18.5 Å². The maximum Gasteiger partial charge on any atom is 0.0723 e. The molecule has 0 bridgehead atoms. The van der Waals surface area contributed by atoms with Crippen molar-refractivity contribution in [1.29, 1.82) is 0 Å². The zero-order valence-corrected chi connectivity index (χ0v) is 12.5. The van der Waals surface area contributed by atoms with Crippen LogP contribution in [-0.4, -0.2) is 31.7 Å². The minimum atomic E-state index is 0.719. The SMILES string of the molecule is CNCC1CCCN(c2ccnc3ccc(Cl)cc23)C1. The Morgan fingerprint density at radius 2 is 2.30 bits per heavy atom. The quantitative estimate of drug-likeness (QED) is 0.939. The summed E-state index contributed by atoms with van der Waals surface area (Å²) >= 11 is 6.15. The lowest BCUT2D eigenvalue weighted by atomic mass is 9.97. The third kappa shape index (κ3) is 2.74. The minimum absolute atomic E-state index is 0.719. The van der Waals surface area contributed by atoms with Crippen molar-refractivity contribution >= 4 is 28.2 Å². The fourth-order valence-corrected chi connectivity index (χ4v) is 3.29. The number of nitrogens with one attached hydrogen (secondary N) is 1. The van der Waals surface area contributed by atoms with E-state index in [0.717, 1.165) is 41.5 Å². The van der Waals surface area contributed by atoms with Gasteiger partial charge in [0.1, 0.15) is 0 Å². The van der Waals surface area contributed by atoms with Gasteiger partial charge in [-0.05, 0) is 56.6 Å². The van der Waals surface area contributed by atoms with E-state index in [2.05, 4.69) is 21.3 Å². The second kappa shape index (κ2) is 5.98. The van der Waals surface area contributed by atoms with Crippen LogP contribution in [0, 0.1) is 5.92 Å². The van der Waals surface area contributed by atoms with Gasteiger partial charge in [-0.3, -0.25) is 4.98 Å². The average Bonchev–Trinajstić information content (AvgIpc) is 2.47. The number of anilines is 1. The normalized spacial score (nSPS) is 19.5. The van der Waals surface area contributed by atoms with Gasteiger partial charge in [-0.1, -0.05) is 11.6 Å². The second-order valence-electron chi connectivity index (χ2n) is 5.50. The van der Waals surface area contributed by atoms with Crippen LogP contribution in [0.2, 0.25) is 5.02 Å². The summed E-state index contributed by atoms with van der Waals surface area (Å²) in [6, 6.07) is 8.04. The summed E-state index contributed by atoms with van der Waals surface area (Å²) in [5, 5.41) is 5.23. The highest BCUT2D eigenvalue weighted by Crippen LogP contribution is 2.30. The lowest BCUT2D eigenvalue weighted by molar-refractivity contribution is 0.403. The monoisotopic (exact) mass is 289 g/mol. The number of halogens is 1. The highest BCUT2D eigenvalue weighted by molar-refractivity contribution is 6.31. The maximum absolute atomic E-state index is 6.15. The van der Waals surface area contributed by atoms with Gasteiger partial charge in [-0.25, -0.2) is 0 Å². The molecule has 0 saturated carbocycles. The summed E-state index contributed by atoms with van der Waals surface area (Å²) in [5.74, 6) is 0.719. The molecular weight excluding hydrogens is 270 g/mol. The van der Waals surface area contributed by atoms with Gasteiger partial charge in [0.2, 0.25) is 0 Å². The molecule has 1 aliphatic heterocycles. The van der Waals surface area contributed by atoms with Crippen LogP contribution in [0.15, 0.2) is 30.5 Å². The van der Waals surface area contributed by atoms with Crippen LogP contribution in [-0.2, 0) is 0 Å². The van der Waals surface area contributed by atoms with E-state index in [4.69, 9.17) is 11.6 Å². The third-order valence-corrected chi connectivity index (χ3v) is 4.27. The van der Waals surface area contributed by atoms with Gasteiger partial charge in [0.15, 0.2) is 0 Å². The predicted octanol–water partition coefficient (Wildman–Crippen LogP) is 3.32. The molecule has 1 aromatic carbocycles. The van der Waals surface area contributed by atoms with E-state index in [-0.39, 0.29) is 0 Å². The lowest BCUT2D eigenvalue weighted by Crippen LogP contribution is -2.39. The standard InChI is InChI=1S/C16H20ClN3/c1-18-10-12-3-2-8-20(11-12)16-6-7-19-15-5-4-13(17)9-14(15)16/h4-7,9,12,18H,2-3,8,10-11H2,1H3. The first kappa shape index (κ1) is 13.7. The first-order chi connectivity index (χ1) is 9.78. The Balaban J connectivity index is 1.94. The van der Waals surface area contributed by atoms with Crippen LogP contribution in [0.3, 0.4) is 0 Å². The molecule has 1 atom stereocenters. The summed E-state index contributed by atoms with van der Waals surface area (Å²) in [6.45, 7) is 3.30. The minimum Gasteiger partial charge on any atom is -0.371 e. The Hall–Kier alpha value is -1.32. The van der Waals surface area contributed by atoms with Crippen molar-refractivity contribution < 1.29 is 0 Å². The van der Waals surface area contributed by atoms with Crippen molar-refractivity contribution in [3.05, 3.63) is 35.5 Å². The fourth-order valence-electron chi connectivity index (χ4n) is 3.12. The van der Waals surface area contributed by atoms with Crippen LogP contribution >= 0.6 is 11.6 Å². The van der Waals surface area contributed by atoms with Crippen LogP contribution in [0.5, 0.6) is 0 Å². The summed E-state index contributed by atoms with van der Waals surface area (Å²) < 4.78 is 0. The maximum atomic E-state index is 6.15. The van der Waals surface area contributed by atoms with Crippen molar-refractivity contribution in [2.45, 2.75) is 12.8 Å². The number of hydrogen-bond donors (Lipinski definition) is 1. The Bertz CT molecular complexity index is 597. The van der Waals surface area contributed by atoms with Crippen molar-refractivity contribution in [1.82, 2.24) is 10.3 Å². The molecule has 2 heterocycles. The van der Waals surface area contributed by atoms with Crippen molar-refractivity contribution in [2.24, 2.45) is 5.92 Å². The van der Waals surface area contributed by atoms with Crippen molar-refractivity contribution in [3.8, 4) is 0 Å². The molecule has 1 N–H and O–H groups in total. The molecule has 0 amide bonds. The van der Waals surface area contributed by atoms with E-state index in [1.54, 1.807) is 0 Å². The van der Waals surface area contributed by atoms with Gasteiger partial charge in [-0.2, -0.15) is 0 Å². The number of benzene rings is 1. The molecule has 2 aromatic rings. The molecule has 4 heteroatoms. The summed E-state index contributed by atoms with van der Waals surface area (Å²) in [7, 11) is 2.03. The molecule has 0 aliphatic carbocycles. The Kier molecular flexibility index (Phi) is 4.08. The highest BCUT2D eigenvalue weighted by Gasteiger charge is 2.21. The van der Waals surface area contributed by atoms with Crippen LogP contribution in [0.4, 0.5) is 5.69 Å². The van der Waals surface area contributed by atoms with Gasteiger partial charge >= 0.3 is 0 Å². The van der Waals surface area contributed by atoms with Gasteiger partial charge in [0, 0.05) is 35.4 Å². The molecule has 106 valence electrons. The molecule has 1 aromatic heterocycles. The van der Waals surface area contributed by atoms with E-state index < -0.39 is 0 Å². The smallest absolute Gasteiger partial charge is 0.0723 e. The topological polar surface area (TPSA) is 28.2 Å². The van der Waals surface area contributed by atoms with Crippen LogP contribution < -0.4 is 10.2 Å². The molecule has 20 heavy (non-hydrogen) atoms. The zero-order valence-electron chi connectivity index (χ0n) is 11.8. The molecule has 1 fully saturated rings. The van der Waals surface area contributed by atoms with Crippen molar-refractivity contribution in [3.63, 3.8) is 0 Å². The number of aromatic nitrogens is 1. The molecule has 3 nitrogen and oxygen atoms in total. The molecule has 1 saturated heterocycles. The third-order valence-electron chi connectivity index (χ3n) is 4.03. The summed E-state index contributed by atoms with van der Waals surface area (Å²) in [5.41, 5.74) is 2.28.